The second-order valence-electron chi connectivity index (χ2n) is 6.65. The van der Waals surface area contributed by atoms with Crippen molar-refractivity contribution in [3.05, 3.63) is 59.7 Å². The van der Waals surface area contributed by atoms with E-state index in [0.29, 0.717) is 19.2 Å². The Kier molecular flexibility index (Phi) is 8.22. The van der Waals surface area contributed by atoms with Crippen molar-refractivity contribution in [1.82, 2.24) is 10.6 Å². The van der Waals surface area contributed by atoms with Crippen LogP contribution < -0.4 is 20.1 Å². The maximum absolute atomic E-state index is 5.91. The van der Waals surface area contributed by atoms with Gasteiger partial charge in [-0.25, -0.2) is 0 Å². The maximum atomic E-state index is 5.91. The van der Waals surface area contributed by atoms with Crippen molar-refractivity contribution in [2.45, 2.75) is 32.5 Å². The van der Waals surface area contributed by atoms with Crippen molar-refractivity contribution in [2.75, 3.05) is 14.2 Å². The first-order chi connectivity index (χ1) is 12.7. The van der Waals surface area contributed by atoms with Gasteiger partial charge < -0.3 is 20.1 Å². The number of methoxy groups -OCH3 is 1. The van der Waals surface area contributed by atoms with E-state index in [9.17, 15) is 0 Å². The number of hydrogen-bond acceptors (Lipinski definition) is 3. The summed E-state index contributed by atoms with van der Waals surface area (Å²) in [5.41, 5.74) is 2.24. The molecule has 27 heavy (non-hydrogen) atoms. The Bertz CT molecular complexity index is 752. The van der Waals surface area contributed by atoms with Gasteiger partial charge in [0.2, 0.25) is 0 Å². The lowest BCUT2D eigenvalue weighted by atomic mass is 10.2. The quantitative estimate of drug-likeness (QED) is 0.357. The molecule has 0 radical (unpaired) electrons. The molecule has 6 heteroatoms. The van der Waals surface area contributed by atoms with Crippen LogP contribution in [0.5, 0.6) is 11.5 Å². The second-order valence-corrected chi connectivity index (χ2v) is 6.65. The van der Waals surface area contributed by atoms with E-state index >= 15 is 0 Å². The van der Waals surface area contributed by atoms with E-state index in [1.54, 1.807) is 14.2 Å². The van der Waals surface area contributed by atoms with Gasteiger partial charge in [0, 0.05) is 19.6 Å². The van der Waals surface area contributed by atoms with E-state index in [1.165, 1.54) is 6.42 Å². The lowest BCUT2D eigenvalue weighted by Crippen LogP contribution is -2.38. The molecule has 1 fully saturated rings. The van der Waals surface area contributed by atoms with Crippen LogP contribution in [-0.4, -0.2) is 26.2 Å². The number of hydrogen-bond donors (Lipinski definition) is 2. The summed E-state index contributed by atoms with van der Waals surface area (Å²) < 4.78 is 11.4. The van der Waals surface area contributed by atoms with Gasteiger partial charge in [0.05, 0.1) is 7.11 Å². The van der Waals surface area contributed by atoms with Crippen molar-refractivity contribution in [1.29, 1.82) is 0 Å². The number of aliphatic imine (C=N–C) groups is 1. The highest BCUT2D eigenvalue weighted by Crippen LogP contribution is 2.29. The fourth-order valence-corrected chi connectivity index (χ4v) is 2.76. The van der Waals surface area contributed by atoms with Gasteiger partial charge in [-0.15, -0.1) is 24.0 Å². The van der Waals surface area contributed by atoms with Gasteiger partial charge >= 0.3 is 0 Å². The molecule has 1 aliphatic carbocycles. The minimum Gasteiger partial charge on any atom is -0.493 e. The highest BCUT2D eigenvalue weighted by molar-refractivity contribution is 14.0. The smallest absolute Gasteiger partial charge is 0.191 e. The zero-order valence-electron chi connectivity index (χ0n) is 16.1. The van der Waals surface area contributed by atoms with Crippen LogP contribution in [0.3, 0.4) is 0 Å². The molecule has 0 spiro atoms. The number of guanidine groups is 1. The molecule has 0 saturated heterocycles. The summed E-state index contributed by atoms with van der Waals surface area (Å²) in [5, 5.41) is 6.77. The molecule has 0 aromatic heterocycles. The summed E-state index contributed by atoms with van der Waals surface area (Å²) in [6, 6.07) is 16.7. The SMILES string of the molecule is CN=C(NCc1ccc(OCc2ccccc2)c(OC)c1)NC1CC1C.I. The molecular weight excluding hydrogens is 453 g/mol. The lowest BCUT2D eigenvalue weighted by molar-refractivity contribution is 0.284. The van der Waals surface area contributed by atoms with Gasteiger partial charge in [-0.2, -0.15) is 0 Å². The molecule has 2 unspecified atom stereocenters. The summed E-state index contributed by atoms with van der Waals surface area (Å²) >= 11 is 0. The summed E-state index contributed by atoms with van der Waals surface area (Å²) in [4.78, 5) is 4.28. The van der Waals surface area contributed by atoms with E-state index in [1.807, 2.05) is 48.5 Å². The van der Waals surface area contributed by atoms with Crippen LogP contribution in [-0.2, 0) is 13.2 Å². The summed E-state index contributed by atoms with van der Waals surface area (Å²) in [6.07, 6.45) is 1.21. The molecule has 0 amide bonds. The summed E-state index contributed by atoms with van der Waals surface area (Å²) in [6.45, 7) is 3.44. The van der Waals surface area contributed by atoms with E-state index in [2.05, 4.69) is 22.5 Å². The zero-order chi connectivity index (χ0) is 18.4. The van der Waals surface area contributed by atoms with Crippen LogP contribution in [0.2, 0.25) is 0 Å². The Morgan fingerprint density at radius 3 is 2.48 bits per heavy atom. The molecule has 2 aromatic carbocycles. The van der Waals surface area contributed by atoms with Crippen LogP contribution in [0.25, 0.3) is 0 Å². The maximum Gasteiger partial charge on any atom is 0.191 e. The molecule has 146 valence electrons. The molecule has 0 aliphatic heterocycles. The van der Waals surface area contributed by atoms with Crippen LogP contribution in [0.15, 0.2) is 53.5 Å². The van der Waals surface area contributed by atoms with Crippen LogP contribution in [0.4, 0.5) is 0 Å². The normalized spacial score (nSPS) is 18.3. The third-order valence-electron chi connectivity index (χ3n) is 4.58. The molecule has 2 N–H and O–H groups in total. The number of ether oxygens (including phenoxy) is 2. The van der Waals surface area contributed by atoms with Crippen molar-refractivity contribution in [3.63, 3.8) is 0 Å². The van der Waals surface area contributed by atoms with E-state index in [-0.39, 0.29) is 24.0 Å². The predicted molar refractivity (Wildman–Crippen MR) is 120 cm³/mol. The molecule has 2 aromatic rings. The zero-order valence-corrected chi connectivity index (χ0v) is 18.4. The van der Waals surface area contributed by atoms with Crippen molar-refractivity contribution < 1.29 is 9.47 Å². The lowest BCUT2D eigenvalue weighted by Gasteiger charge is -2.14. The average molecular weight is 481 g/mol. The standard InChI is InChI=1S/C21H27N3O2.HI/c1-15-11-18(15)24-21(22-2)23-13-17-9-10-19(20(12-17)25-3)26-14-16-7-5-4-6-8-16;/h4-10,12,15,18H,11,13-14H2,1-3H3,(H2,22,23,24);1H. The van der Waals surface area contributed by atoms with Gasteiger partial charge in [-0.05, 0) is 35.6 Å². The fourth-order valence-electron chi connectivity index (χ4n) is 2.76. The van der Waals surface area contributed by atoms with E-state index in [4.69, 9.17) is 9.47 Å². The largest absolute Gasteiger partial charge is 0.493 e. The first-order valence-corrected chi connectivity index (χ1v) is 9.00. The molecule has 1 saturated carbocycles. The first-order valence-electron chi connectivity index (χ1n) is 9.00. The third kappa shape index (κ3) is 6.30. The molecule has 2 atom stereocenters. The highest BCUT2D eigenvalue weighted by Gasteiger charge is 2.33. The minimum atomic E-state index is 0. The van der Waals surface area contributed by atoms with Crippen LogP contribution in [0.1, 0.15) is 24.5 Å². The Hall–Kier alpha value is -1.96. The van der Waals surface area contributed by atoms with Gasteiger partial charge in [-0.3, -0.25) is 4.99 Å². The minimum absolute atomic E-state index is 0. The molecule has 0 heterocycles. The molecule has 1 aliphatic rings. The number of rotatable bonds is 7. The first kappa shape index (κ1) is 21.3. The second kappa shape index (κ2) is 10.4. The van der Waals surface area contributed by atoms with Crippen LogP contribution in [0, 0.1) is 5.92 Å². The van der Waals surface area contributed by atoms with Crippen molar-refractivity contribution >= 4 is 29.9 Å². The van der Waals surface area contributed by atoms with Crippen molar-refractivity contribution in [2.24, 2.45) is 10.9 Å². The summed E-state index contributed by atoms with van der Waals surface area (Å²) in [7, 11) is 3.46. The molecule has 5 nitrogen and oxygen atoms in total. The average Bonchev–Trinajstić information content (AvgIpc) is 3.39. The van der Waals surface area contributed by atoms with Gasteiger partial charge in [-0.1, -0.05) is 43.3 Å². The van der Waals surface area contributed by atoms with E-state index < -0.39 is 0 Å². The number of nitrogens with zero attached hydrogens (tertiary/aromatic N) is 1. The Morgan fingerprint density at radius 1 is 1.11 bits per heavy atom. The topological polar surface area (TPSA) is 54.9 Å². The molecule has 3 rings (SSSR count). The molecular formula is C21H28IN3O2. The number of halogens is 1. The Morgan fingerprint density at radius 2 is 1.85 bits per heavy atom. The molecule has 0 bridgehead atoms. The van der Waals surface area contributed by atoms with Crippen molar-refractivity contribution in [3.8, 4) is 11.5 Å². The Labute approximate surface area is 178 Å². The predicted octanol–water partition coefficient (Wildman–Crippen LogP) is 3.97. The van der Waals surface area contributed by atoms with Gasteiger partial charge in [0.25, 0.3) is 0 Å². The van der Waals surface area contributed by atoms with E-state index in [0.717, 1.165) is 34.5 Å². The number of nitrogens with one attached hydrogen (secondary N) is 2. The number of benzene rings is 2. The monoisotopic (exact) mass is 481 g/mol. The van der Waals surface area contributed by atoms with Gasteiger partial charge in [0.15, 0.2) is 17.5 Å². The fraction of sp³-hybridized carbons (Fsp3) is 0.381. The highest BCUT2D eigenvalue weighted by atomic mass is 127. The summed E-state index contributed by atoms with van der Waals surface area (Å²) in [5.74, 6) is 3.05. The third-order valence-corrected chi connectivity index (χ3v) is 4.58. The Balaban J connectivity index is 0.00000261. The van der Waals surface area contributed by atoms with Crippen LogP contribution >= 0.6 is 24.0 Å². The van der Waals surface area contributed by atoms with Gasteiger partial charge in [0.1, 0.15) is 6.61 Å².